The van der Waals surface area contributed by atoms with E-state index in [1.54, 1.807) is 12.1 Å². The standard InChI is InChI=1S/C25H30N2O3.ClH/c1-26(2)25(20-9-4-3-5-10-20)14-12-24(13-15-25)16-22(28)27(18-24)17-19-8-6-7-11-21(19)23(29)30;/h3-11H,12-18H2,1-2H3,(H,29,30);1H. The Morgan fingerprint density at radius 2 is 1.61 bits per heavy atom. The van der Waals surface area contributed by atoms with Gasteiger partial charge in [-0.3, -0.25) is 9.69 Å². The Hall–Kier alpha value is -2.37. The number of benzene rings is 2. The summed E-state index contributed by atoms with van der Waals surface area (Å²) in [6.45, 7) is 1.10. The summed E-state index contributed by atoms with van der Waals surface area (Å²) >= 11 is 0. The van der Waals surface area contributed by atoms with E-state index in [9.17, 15) is 14.7 Å². The van der Waals surface area contributed by atoms with Gasteiger partial charge in [0, 0.05) is 25.0 Å². The molecule has 4 rings (SSSR count). The predicted octanol–water partition coefficient (Wildman–Crippen LogP) is 4.56. The molecule has 2 aromatic rings. The van der Waals surface area contributed by atoms with Crippen LogP contribution in [0.5, 0.6) is 0 Å². The summed E-state index contributed by atoms with van der Waals surface area (Å²) in [5, 5.41) is 9.46. The van der Waals surface area contributed by atoms with Crippen molar-refractivity contribution in [1.82, 2.24) is 9.80 Å². The molecule has 0 aromatic heterocycles. The van der Waals surface area contributed by atoms with Gasteiger partial charge in [-0.25, -0.2) is 4.79 Å². The van der Waals surface area contributed by atoms with Gasteiger partial charge in [-0.15, -0.1) is 12.4 Å². The zero-order valence-corrected chi connectivity index (χ0v) is 19.0. The molecule has 0 unspecified atom stereocenters. The summed E-state index contributed by atoms with van der Waals surface area (Å²) in [4.78, 5) is 28.6. The highest BCUT2D eigenvalue weighted by Crippen LogP contribution is 2.52. The molecule has 5 nitrogen and oxygen atoms in total. The van der Waals surface area contributed by atoms with E-state index in [4.69, 9.17) is 0 Å². The number of nitrogens with zero attached hydrogens (tertiary/aromatic N) is 2. The van der Waals surface area contributed by atoms with Crippen LogP contribution >= 0.6 is 12.4 Å². The van der Waals surface area contributed by atoms with Crippen molar-refractivity contribution in [1.29, 1.82) is 0 Å². The fourth-order valence-corrected chi connectivity index (χ4v) is 5.47. The summed E-state index contributed by atoms with van der Waals surface area (Å²) in [5.41, 5.74) is 2.35. The third-order valence-electron chi connectivity index (χ3n) is 7.32. The summed E-state index contributed by atoms with van der Waals surface area (Å²) in [6, 6.07) is 17.7. The minimum atomic E-state index is -0.941. The van der Waals surface area contributed by atoms with Crippen molar-refractivity contribution >= 4 is 24.3 Å². The Kier molecular flexibility index (Phi) is 6.77. The molecule has 2 aromatic carbocycles. The number of halogens is 1. The van der Waals surface area contributed by atoms with E-state index < -0.39 is 5.97 Å². The predicted molar refractivity (Wildman–Crippen MR) is 123 cm³/mol. The van der Waals surface area contributed by atoms with E-state index >= 15 is 0 Å². The molecule has 0 radical (unpaired) electrons. The molecule has 1 aliphatic heterocycles. The zero-order valence-electron chi connectivity index (χ0n) is 18.2. The number of carboxylic acids is 1. The molecule has 1 saturated heterocycles. The Morgan fingerprint density at radius 1 is 1.00 bits per heavy atom. The Morgan fingerprint density at radius 3 is 2.23 bits per heavy atom. The van der Waals surface area contributed by atoms with Gasteiger partial charge in [-0.05, 0) is 62.4 Å². The van der Waals surface area contributed by atoms with Crippen molar-refractivity contribution < 1.29 is 14.7 Å². The molecule has 1 saturated carbocycles. The number of hydrogen-bond donors (Lipinski definition) is 1. The Balaban J connectivity index is 0.00000272. The third kappa shape index (κ3) is 4.35. The van der Waals surface area contributed by atoms with Gasteiger partial charge in [-0.2, -0.15) is 0 Å². The summed E-state index contributed by atoms with van der Waals surface area (Å²) in [5.74, 6) is -0.796. The molecule has 1 spiro atoms. The van der Waals surface area contributed by atoms with Crippen LogP contribution in [-0.4, -0.2) is 47.4 Å². The van der Waals surface area contributed by atoms with E-state index in [2.05, 4.69) is 49.3 Å². The molecule has 0 atom stereocenters. The average molecular weight is 443 g/mol. The molecule has 6 heteroatoms. The molecule has 0 bridgehead atoms. The van der Waals surface area contributed by atoms with Gasteiger partial charge in [-0.1, -0.05) is 48.5 Å². The number of carbonyl (C=O) groups is 2. The second-order valence-corrected chi connectivity index (χ2v) is 9.18. The van der Waals surface area contributed by atoms with Crippen molar-refractivity contribution in [3.05, 3.63) is 71.3 Å². The average Bonchev–Trinajstić information content (AvgIpc) is 3.04. The van der Waals surface area contributed by atoms with Gasteiger partial charge in [0.2, 0.25) is 5.91 Å². The maximum Gasteiger partial charge on any atom is 0.336 e. The van der Waals surface area contributed by atoms with Gasteiger partial charge < -0.3 is 10.0 Å². The van der Waals surface area contributed by atoms with Gasteiger partial charge in [0.15, 0.2) is 0 Å². The fourth-order valence-electron chi connectivity index (χ4n) is 5.47. The maximum absolute atomic E-state index is 12.9. The van der Waals surface area contributed by atoms with E-state index in [0.717, 1.165) is 32.2 Å². The quantitative estimate of drug-likeness (QED) is 0.737. The SMILES string of the molecule is CN(C)C1(c2ccccc2)CCC2(CC1)CC(=O)N(Cc1ccccc1C(=O)O)C2.Cl. The van der Waals surface area contributed by atoms with E-state index in [-0.39, 0.29) is 34.8 Å². The van der Waals surface area contributed by atoms with Crippen molar-refractivity contribution in [2.75, 3.05) is 20.6 Å². The molecule has 1 amide bonds. The van der Waals surface area contributed by atoms with Crippen LogP contribution in [-0.2, 0) is 16.9 Å². The molecular weight excluding hydrogens is 412 g/mol. The fraction of sp³-hybridized carbons (Fsp3) is 0.440. The monoisotopic (exact) mass is 442 g/mol. The topological polar surface area (TPSA) is 60.9 Å². The summed E-state index contributed by atoms with van der Waals surface area (Å²) < 4.78 is 0. The number of hydrogen-bond acceptors (Lipinski definition) is 3. The van der Waals surface area contributed by atoms with Crippen molar-refractivity contribution in [3.8, 4) is 0 Å². The van der Waals surface area contributed by atoms with Gasteiger partial charge in [0.05, 0.1) is 5.56 Å². The third-order valence-corrected chi connectivity index (χ3v) is 7.32. The minimum Gasteiger partial charge on any atom is -0.478 e. The highest BCUT2D eigenvalue weighted by molar-refractivity contribution is 5.89. The number of likely N-dealkylation sites (tertiary alicyclic amines) is 1. The van der Waals surface area contributed by atoms with Crippen LogP contribution in [0, 0.1) is 5.41 Å². The summed E-state index contributed by atoms with van der Waals surface area (Å²) in [7, 11) is 4.31. The van der Waals surface area contributed by atoms with Crippen LogP contribution in [0.4, 0.5) is 0 Å². The van der Waals surface area contributed by atoms with Gasteiger partial charge in [0.1, 0.15) is 0 Å². The lowest BCUT2D eigenvalue weighted by molar-refractivity contribution is -0.128. The van der Waals surface area contributed by atoms with E-state index in [0.29, 0.717) is 18.5 Å². The first-order valence-corrected chi connectivity index (χ1v) is 10.7. The molecule has 31 heavy (non-hydrogen) atoms. The lowest BCUT2D eigenvalue weighted by Gasteiger charge is -2.48. The normalized spacial score (nSPS) is 25.6. The molecule has 1 N–H and O–H groups in total. The van der Waals surface area contributed by atoms with Crippen LogP contribution in [0.2, 0.25) is 0 Å². The first-order chi connectivity index (χ1) is 14.4. The lowest BCUT2D eigenvalue weighted by atomic mass is 9.64. The highest BCUT2D eigenvalue weighted by atomic mass is 35.5. The number of amides is 1. The number of carboxylic acid groups (broad SMARTS) is 1. The maximum atomic E-state index is 12.9. The minimum absolute atomic E-state index is 0. The van der Waals surface area contributed by atoms with Crippen LogP contribution in [0.15, 0.2) is 54.6 Å². The zero-order chi connectivity index (χ0) is 21.4. The molecule has 2 aliphatic rings. The van der Waals surface area contributed by atoms with E-state index in [1.165, 1.54) is 5.56 Å². The lowest BCUT2D eigenvalue weighted by Crippen LogP contribution is -2.47. The molecular formula is C25H31ClN2O3. The van der Waals surface area contributed by atoms with Crippen LogP contribution in [0.1, 0.15) is 53.6 Å². The number of aromatic carboxylic acids is 1. The van der Waals surface area contributed by atoms with Crippen LogP contribution in [0.3, 0.4) is 0 Å². The van der Waals surface area contributed by atoms with E-state index in [1.807, 2.05) is 17.0 Å². The molecule has 1 aliphatic carbocycles. The van der Waals surface area contributed by atoms with Crippen LogP contribution in [0.25, 0.3) is 0 Å². The summed E-state index contributed by atoms with van der Waals surface area (Å²) in [6.07, 6.45) is 4.63. The first kappa shape index (κ1) is 23.3. The number of carbonyl (C=O) groups excluding carboxylic acids is 1. The van der Waals surface area contributed by atoms with Gasteiger partial charge in [0.25, 0.3) is 0 Å². The largest absolute Gasteiger partial charge is 0.478 e. The molecule has 166 valence electrons. The van der Waals surface area contributed by atoms with Crippen molar-refractivity contribution in [3.63, 3.8) is 0 Å². The Bertz CT molecular complexity index is 937. The second kappa shape index (κ2) is 9.01. The molecule has 2 fully saturated rings. The van der Waals surface area contributed by atoms with Gasteiger partial charge >= 0.3 is 5.97 Å². The molecule has 1 heterocycles. The van der Waals surface area contributed by atoms with Crippen molar-refractivity contribution in [2.24, 2.45) is 5.41 Å². The highest BCUT2D eigenvalue weighted by Gasteiger charge is 2.50. The van der Waals surface area contributed by atoms with Crippen LogP contribution < -0.4 is 0 Å². The Labute approximate surface area is 190 Å². The first-order valence-electron chi connectivity index (χ1n) is 10.7. The number of rotatable bonds is 5. The second-order valence-electron chi connectivity index (χ2n) is 9.18. The smallest absolute Gasteiger partial charge is 0.336 e. The van der Waals surface area contributed by atoms with Crippen molar-refractivity contribution in [2.45, 2.75) is 44.2 Å².